The molecule has 6 heteroatoms. The van der Waals surface area contributed by atoms with Gasteiger partial charge in [0, 0.05) is 29.4 Å². The van der Waals surface area contributed by atoms with Crippen LogP contribution < -0.4 is 0 Å². The molecular weight excluding hydrogens is 480 g/mol. The number of benzene rings is 1. The summed E-state index contributed by atoms with van der Waals surface area (Å²) in [6, 6.07) is 0. The Morgan fingerprint density at radius 3 is 1.00 bits per heavy atom. The molecule has 14 heavy (non-hydrogen) atoms. The first-order chi connectivity index (χ1) is 6.54. The van der Waals surface area contributed by atoms with Gasteiger partial charge < -0.3 is 0 Å². The second kappa shape index (κ2) is 5.96. The molecule has 0 heterocycles. The van der Waals surface area contributed by atoms with Gasteiger partial charge in [0.25, 0.3) is 0 Å². The summed E-state index contributed by atoms with van der Waals surface area (Å²) in [6.07, 6.45) is 0. The lowest BCUT2D eigenvalue weighted by Crippen LogP contribution is -1.93. The van der Waals surface area contributed by atoms with Crippen LogP contribution in [0.4, 0.5) is 0 Å². The zero-order valence-electron chi connectivity index (χ0n) is 6.82. The van der Waals surface area contributed by atoms with Gasteiger partial charge in [-0.05, 0) is 74.8 Å². The molecule has 0 nitrogen and oxygen atoms in total. The van der Waals surface area contributed by atoms with Crippen molar-refractivity contribution in [3.63, 3.8) is 0 Å². The Hall–Kier alpha value is 1.84. The summed E-state index contributed by atoms with van der Waals surface area (Å²) in [6.45, 7) is 0. The molecule has 0 bridgehead atoms. The van der Waals surface area contributed by atoms with E-state index in [0.717, 1.165) is 29.0 Å². The highest BCUT2D eigenvalue weighted by Gasteiger charge is 2.16. The van der Waals surface area contributed by atoms with Crippen molar-refractivity contribution in [2.75, 3.05) is 0 Å². The maximum atomic E-state index is 4.29. The molecule has 0 aliphatic rings. The minimum Gasteiger partial charge on any atom is -0.174 e. The second-order valence-corrected chi connectivity index (χ2v) is 6.33. The molecule has 0 atom stereocenters. The van der Waals surface area contributed by atoms with Crippen LogP contribution in [0.3, 0.4) is 0 Å². The molecule has 1 aromatic rings. The quantitative estimate of drug-likeness (QED) is 0.395. The zero-order chi connectivity index (χ0) is 10.9. The average Bonchev–Trinajstić information content (AvgIpc) is 2.17. The summed E-state index contributed by atoms with van der Waals surface area (Å²) in [4.78, 5) is 0. The first-order valence-electron chi connectivity index (χ1n) is 3.60. The maximum Gasteiger partial charge on any atom is 0.0372 e. The third kappa shape index (κ3) is 2.56. The highest BCUT2D eigenvalue weighted by molar-refractivity contribution is 9.14. The minimum atomic E-state index is 0.672. The molecule has 0 aliphatic carbocycles. The highest BCUT2D eigenvalue weighted by Crippen LogP contribution is 2.42. The van der Waals surface area contributed by atoms with Gasteiger partial charge in [0.1, 0.15) is 0 Å². The Labute approximate surface area is 128 Å². The van der Waals surface area contributed by atoms with Crippen molar-refractivity contribution in [2.45, 2.75) is 11.5 Å². The molecule has 0 unspecified atom stereocenters. The standard InChI is InChI=1S/C8H6Br4S2/c9-5-3(1-13)6(10)8(12)4(2-14)7(5)11/h13-14H,1-2H2. The predicted octanol–water partition coefficient (Wildman–Crippen LogP) is 5.60. The summed E-state index contributed by atoms with van der Waals surface area (Å²) < 4.78 is 4.14. The van der Waals surface area contributed by atoms with Gasteiger partial charge in [0.2, 0.25) is 0 Å². The van der Waals surface area contributed by atoms with E-state index < -0.39 is 0 Å². The predicted molar refractivity (Wildman–Crippen MR) is 82.6 cm³/mol. The fraction of sp³-hybridized carbons (Fsp3) is 0.250. The van der Waals surface area contributed by atoms with Crippen LogP contribution in [0.2, 0.25) is 0 Å². The van der Waals surface area contributed by atoms with E-state index in [9.17, 15) is 0 Å². The Kier molecular flexibility index (Phi) is 5.92. The lowest BCUT2D eigenvalue weighted by molar-refractivity contribution is 1.24. The van der Waals surface area contributed by atoms with Crippen molar-refractivity contribution in [3.8, 4) is 0 Å². The van der Waals surface area contributed by atoms with Crippen LogP contribution in [-0.2, 0) is 11.5 Å². The lowest BCUT2D eigenvalue weighted by Gasteiger charge is -2.13. The Morgan fingerprint density at radius 2 is 0.857 bits per heavy atom. The van der Waals surface area contributed by atoms with Crippen molar-refractivity contribution < 1.29 is 0 Å². The average molecular weight is 486 g/mol. The smallest absolute Gasteiger partial charge is 0.0372 e. The SMILES string of the molecule is SCc1c(Br)c(Br)c(CS)c(Br)c1Br. The van der Waals surface area contributed by atoms with E-state index in [1.165, 1.54) is 0 Å². The van der Waals surface area contributed by atoms with Gasteiger partial charge in [-0.3, -0.25) is 0 Å². The molecule has 0 aliphatic heterocycles. The highest BCUT2D eigenvalue weighted by atomic mass is 79.9. The lowest BCUT2D eigenvalue weighted by atomic mass is 10.2. The van der Waals surface area contributed by atoms with Crippen LogP contribution in [-0.4, -0.2) is 0 Å². The third-order valence-electron chi connectivity index (χ3n) is 1.76. The minimum absolute atomic E-state index is 0.672. The monoisotopic (exact) mass is 482 g/mol. The van der Waals surface area contributed by atoms with E-state index in [-0.39, 0.29) is 0 Å². The summed E-state index contributed by atoms with van der Waals surface area (Å²) in [7, 11) is 0. The molecule has 0 fully saturated rings. The summed E-state index contributed by atoms with van der Waals surface area (Å²) in [5.41, 5.74) is 2.25. The van der Waals surface area contributed by atoms with Gasteiger partial charge in [0.05, 0.1) is 0 Å². The number of halogens is 4. The van der Waals surface area contributed by atoms with Gasteiger partial charge in [-0.1, -0.05) is 0 Å². The molecule has 0 spiro atoms. The van der Waals surface area contributed by atoms with E-state index in [0.29, 0.717) is 11.5 Å². The van der Waals surface area contributed by atoms with Crippen molar-refractivity contribution >= 4 is 89.0 Å². The fourth-order valence-electron chi connectivity index (χ4n) is 1.00. The van der Waals surface area contributed by atoms with Gasteiger partial charge >= 0.3 is 0 Å². The normalized spacial score (nSPS) is 10.7. The largest absolute Gasteiger partial charge is 0.174 e. The van der Waals surface area contributed by atoms with Crippen LogP contribution in [0.15, 0.2) is 17.9 Å². The van der Waals surface area contributed by atoms with Crippen LogP contribution in [0.1, 0.15) is 11.1 Å². The molecule has 1 aromatic carbocycles. The summed E-state index contributed by atoms with van der Waals surface area (Å²) in [5, 5.41) is 0. The van der Waals surface area contributed by atoms with Crippen LogP contribution in [0, 0.1) is 0 Å². The second-order valence-electron chi connectivity index (χ2n) is 2.53. The molecule has 0 N–H and O–H groups in total. The molecule has 0 saturated heterocycles. The fourth-order valence-corrected chi connectivity index (χ4v) is 5.34. The molecule has 78 valence electrons. The van der Waals surface area contributed by atoms with E-state index in [4.69, 9.17) is 0 Å². The Bertz CT molecular complexity index is 301. The Morgan fingerprint density at radius 1 is 0.643 bits per heavy atom. The molecule has 1 rings (SSSR count). The van der Waals surface area contributed by atoms with E-state index in [1.807, 2.05) is 0 Å². The van der Waals surface area contributed by atoms with Crippen LogP contribution in [0.25, 0.3) is 0 Å². The van der Waals surface area contributed by atoms with Gasteiger partial charge in [-0.25, -0.2) is 0 Å². The van der Waals surface area contributed by atoms with Gasteiger partial charge in [-0.2, -0.15) is 25.3 Å². The van der Waals surface area contributed by atoms with E-state index in [1.54, 1.807) is 0 Å². The molecule has 0 radical (unpaired) electrons. The maximum absolute atomic E-state index is 4.29. The zero-order valence-corrected chi connectivity index (χ0v) is 15.0. The first-order valence-corrected chi connectivity index (χ1v) is 8.03. The summed E-state index contributed by atoms with van der Waals surface area (Å²) >= 11 is 22.7. The van der Waals surface area contributed by atoms with Crippen molar-refractivity contribution in [1.82, 2.24) is 0 Å². The van der Waals surface area contributed by atoms with Gasteiger partial charge in [-0.15, -0.1) is 0 Å². The molecule has 0 amide bonds. The molecule has 0 saturated carbocycles. The van der Waals surface area contributed by atoms with Crippen molar-refractivity contribution in [3.05, 3.63) is 29.0 Å². The first kappa shape index (κ1) is 13.9. The van der Waals surface area contributed by atoms with E-state index in [2.05, 4.69) is 89.0 Å². The topological polar surface area (TPSA) is 0 Å². The van der Waals surface area contributed by atoms with Gasteiger partial charge in [0.15, 0.2) is 0 Å². The molecular formula is C8H6Br4S2. The molecule has 0 aromatic heterocycles. The number of rotatable bonds is 2. The number of thiol groups is 2. The summed E-state index contributed by atoms with van der Waals surface area (Å²) in [5.74, 6) is 1.34. The Balaban J connectivity index is 3.55. The van der Waals surface area contributed by atoms with Crippen LogP contribution >= 0.6 is 89.0 Å². The third-order valence-corrected chi connectivity index (χ3v) is 6.96. The van der Waals surface area contributed by atoms with Crippen LogP contribution in [0.5, 0.6) is 0 Å². The van der Waals surface area contributed by atoms with Crippen molar-refractivity contribution in [2.24, 2.45) is 0 Å². The van der Waals surface area contributed by atoms with Crippen molar-refractivity contribution in [1.29, 1.82) is 0 Å². The number of hydrogen-bond acceptors (Lipinski definition) is 2. The van der Waals surface area contributed by atoms with E-state index >= 15 is 0 Å². The number of hydrogen-bond donors (Lipinski definition) is 2.